The number of carbonyl (C=O) groups excluding carboxylic acids is 2. The van der Waals surface area contributed by atoms with Crippen LogP contribution in [0, 0.1) is 5.41 Å². The van der Waals surface area contributed by atoms with Gasteiger partial charge in [0.05, 0.1) is 5.54 Å². The number of hydrogen-bond acceptors (Lipinski definition) is 3. The van der Waals surface area contributed by atoms with Gasteiger partial charge in [0.15, 0.2) is 0 Å². The molecule has 0 spiro atoms. The lowest BCUT2D eigenvalue weighted by atomic mass is 9.95. The van der Waals surface area contributed by atoms with Crippen molar-refractivity contribution in [2.45, 2.75) is 65.0 Å². The molecule has 2 amide bonds. The molecule has 0 aromatic rings. The minimum absolute atomic E-state index is 0.122. The van der Waals surface area contributed by atoms with Crippen molar-refractivity contribution in [1.29, 1.82) is 0 Å². The van der Waals surface area contributed by atoms with E-state index in [1.807, 2.05) is 20.8 Å². The van der Waals surface area contributed by atoms with Gasteiger partial charge >= 0.3 is 0 Å². The average molecular weight is 269 g/mol. The standard InChI is InChI=1S/C14H27N3O2/c1-10(16-12(19)13(2,3)4)11(18)17-14(9-15)7-5-6-8-14/h10H,5-9,15H2,1-4H3,(H,16,19)(H,17,18). The first kappa shape index (κ1) is 16.0. The fraction of sp³-hybridized carbons (Fsp3) is 0.857. The molecule has 0 saturated heterocycles. The molecule has 1 fully saturated rings. The molecule has 1 aliphatic rings. The highest BCUT2D eigenvalue weighted by atomic mass is 16.2. The number of hydrogen-bond donors (Lipinski definition) is 3. The Morgan fingerprint density at radius 3 is 2.21 bits per heavy atom. The van der Waals surface area contributed by atoms with E-state index >= 15 is 0 Å². The van der Waals surface area contributed by atoms with Gasteiger partial charge in [-0.05, 0) is 19.8 Å². The van der Waals surface area contributed by atoms with Crippen LogP contribution in [-0.4, -0.2) is 29.9 Å². The summed E-state index contributed by atoms with van der Waals surface area (Å²) < 4.78 is 0. The molecule has 19 heavy (non-hydrogen) atoms. The Bertz CT molecular complexity index is 341. The molecule has 1 rings (SSSR count). The Balaban J connectivity index is 2.55. The zero-order chi connectivity index (χ0) is 14.7. The maximum absolute atomic E-state index is 12.1. The lowest BCUT2D eigenvalue weighted by Crippen LogP contribution is -2.57. The number of amides is 2. The van der Waals surface area contributed by atoms with Crippen molar-refractivity contribution >= 4 is 11.8 Å². The molecular weight excluding hydrogens is 242 g/mol. The summed E-state index contributed by atoms with van der Waals surface area (Å²) in [7, 11) is 0. The Morgan fingerprint density at radius 1 is 1.26 bits per heavy atom. The Kier molecular flexibility index (Phi) is 4.96. The summed E-state index contributed by atoms with van der Waals surface area (Å²) in [5.41, 5.74) is 5.03. The minimum Gasteiger partial charge on any atom is -0.348 e. The second-order valence-corrected chi connectivity index (χ2v) is 6.63. The van der Waals surface area contributed by atoms with Crippen molar-refractivity contribution in [3.63, 3.8) is 0 Å². The molecule has 0 aromatic heterocycles. The zero-order valence-corrected chi connectivity index (χ0v) is 12.5. The molecule has 0 aromatic carbocycles. The highest BCUT2D eigenvalue weighted by Crippen LogP contribution is 2.28. The van der Waals surface area contributed by atoms with Crippen molar-refractivity contribution in [1.82, 2.24) is 10.6 Å². The van der Waals surface area contributed by atoms with E-state index in [0.717, 1.165) is 25.7 Å². The number of nitrogens with two attached hydrogens (primary N) is 1. The summed E-state index contributed by atoms with van der Waals surface area (Å²) >= 11 is 0. The second-order valence-electron chi connectivity index (χ2n) is 6.63. The van der Waals surface area contributed by atoms with Crippen molar-refractivity contribution in [2.75, 3.05) is 6.54 Å². The predicted octanol–water partition coefficient (Wildman–Crippen LogP) is 0.925. The summed E-state index contributed by atoms with van der Waals surface area (Å²) in [6.07, 6.45) is 4.05. The lowest BCUT2D eigenvalue weighted by molar-refractivity contribution is -0.133. The molecule has 5 nitrogen and oxygen atoms in total. The third-order valence-corrected chi connectivity index (χ3v) is 3.76. The lowest BCUT2D eigenvalue weighted by Gasteiger charge is -2.31. The second kappa shape index (κ2) is 5.90. The maximum Gasteiger partial charge on any atom is 0.242 e. The van der Waals surface area contributed by atoms with Crippen LogP contribution < -0.4 is 16.4 Å². The van der Waals surface area contributed by atoms with Gasteiger partial charge < -0.3 is 16.4 Å². The molecule has 0 aliphatic heterocycles. The van der Waals surface area contributed by atoms with Crippen LogP contribution in [0.25, 0.3) is 0 Å². The molecular formula is C14H27N3O2. The Labute approximate surface area is 115 Å². The van der Waals surface area contributed by atoms with Crippen LogP contribution in [0.5, 0.6) is 0 Å². The molecule has 1 aliphatic carbocycles. The molecule has 0 heterocycles. The first-order chi connectivity index (χ1) is 8.70. The van der Waals surface area contributed by atoms with E-state index in [2.05, 4.69) is 10.6 Å². The van der Waals surface area contributed by atoms with Crippen LogP contribution in [-0.2, 0) is 9.59 Å². The van der Waals surface area contributed by atoms with Crippen LogP contribution in [0.4, 0.5) is 0 Å². The SMILES string of the molecule is CC(NC(=O)C(C)(C)C)C(=O)NC1(CN)CCCC1. The molecule has 110 valence electrons. The van der Waals surface area contributed by atoms with Crippen molar-refractivity contribution < 1.29 is 9.59 Å². The van der Waals surface area contributed by atoms with Crippen LogP contribution in [0.2, 0.25) is 0 Å². The van der Waals surface area contributed by atoms with Gasteiger partial charge in [-0.1, -0.05) is 33.6 Å². The number of nitrogens with one attached hydrogen (secondary N) is 2. The Hall–Kier alpha value is -1.10. The van der Waals surface area contributed by atoms with Gasteiger partial charge in [0.1, 0.15) is 6.04 Å². The van der Waals surface area contributed by atoms with E-state index < -0.39 is 11.5 Å². The molecule has 5 heteroatoms. The molecule has 0 radical (unpaired) electrons. The molecule has 1 atom stereocenters. The normalized spacial score (nSPS) is 19.8. The summed E-state index contributed by atoms with van der Waals surface area (Å²) in [4.78, 5) is 24.0. The van der Waals surface area contributed by atoms with Crippen LogP contribution in [0.3, 0.4) is 0 Å². The quantitative estimate of drug-likeness (QED) is 0.709. The summed E-state index contributed by atoms with van der Waals surface area (Å²) in [5, 5.41) is 5.76. The van der Waals surface area contributed by atoms with Gasteiger partial charge in [-0.15, -0.1) is 0 Å². The maximum atomic E-state index is 12.1. The third kappa shape index (κ3) is 4.20. The molecule has 1 unspecified atom stereocenters. The van der Waals surface area contributed by atoms with Crippen LogP contribution in [0.1, 0.15) is 53.4 Å². The van der Waals surface area contributed by atoms with Gasteiger partial charge in [0.2, 0.25) is 11.8 Å². The van der Waals surface area contributed by atoms with Gasteiger partial charge in [-0.25, -0.2) is 0 Å². The zero-order valence-electron chi connectivity index (χ0n) is 12.5. The van der Waals surface area contributed by atoms with Crippen molar-refractivity contribution in [3.8, 4) is 0 Å². The first-order valence-electron chi connectivity index (χ1n) is 7.03. The van der Waals surface area contributed by atoms with E-state index in [0.29, 0.717) is 6.54 Å². The van der Waals surface area contributed by atoms with Crippen LogP contribution in [0.15, 0.2) is 0 Å². The van der Waals surface area contributed by atoms with E-state index in [-0.39, 0.29) is 17.4 Å². The topological polar surface area (TPSA) is 84.2 Å². The number of carbonyl (C=O) groups is 2. The van der Waals surface area contributed by atoms with Gasteiger partial charge in [-0.3, -0.25) is 9.59 Å². The molecule has 4 N–H and O–H groups in total. The van der Waals surface area contributed by atoms with Crippen LogP contribution >= 0.6 is 0 Å². The fourth-order valence-corrected chi connectivity index (χ4v) is 2.28. The summed E-state index contributed by atoms with van der Waals surface area (Å²) in [6.45, 7) is 7.64. The van der Waals surface area contributed by atoms with Crippen molar-refractivity contribution in [3.05, 3.63) is 0 Å². The highest BCUT2D eigenvalue weighted by Gasteiger charge is 2.35. The average Bonchev–Trinajstić information content (AvgIpc) is 2.76. The third-order valence-electron chi connectivity index (χ3n) is 3.76. The van der Waals surface area contributed by atoms with E-state index in [1.54, 1.807) is 6.92 Å². The monoisotopic (exact) mass is 269 g/mol. The highest BCUT2D eigenvalue weighted by molar-refractivity contribution is 5.89. The fourth-order valence-electron chi connectivity index (χ4n) is 2.28. The minimum atomic E-state index is -0.532. The van der Waals surface area contributed by atoms with Gasteiger partial charge in [0, 0.05) is 12.0 Å². The van der Waals surface area contributed by atoms with Crippen molar-refractivity contribution in [2.24, 2.45) is 11.1 Å². The smallest absolute Gasteiger partial charge is 0.242 e. The number of rotatable bonds is 4. The van der Waals surface area contributed by atoms with Gasteiger partial charge in [-0.2, -0.15) is 0 Å². The largest absolute Gasteiger partial charge is 0.348 e. The predicted molar refractivity (Wildman–Crippen MR) is 75.5 cm³/mol. The molecule has 1 saturated carbocycles. The first-order valence-corrected chi connectivity index (χ1v) is 7.03. The Morgan fingerprint density at radius 2 is 1.79 bits per heavy atom. The van der Waals surface area contributed by atoms with Gasteiger partial charge in [0.25, 0.3) is 0 Å². The summed E-state index contributed by atoms with van der Waals surface area (Å²) in [5.74, 6) is -0.270. The van der Waals surface area contributed by atoms with E-state index in [4.69, 9.17) is 5.73 Å². The summed E-state index contributed by atoms with van der Waals surface area (Å²) in [6, 6.07) is -0.532. The van der Waals surface area contributed by atoms with E-state index in [1.165, 1.54) is 0 Å². The van der Waals surface area contributed by atoms with E-state index in [9.17, 15) is 9.59 Å². The molecule has 0 bridgehead atoms.